The number of aliphatic carboxylic acids is 2. The molecule has 2 aromatic rings. The van der Waals surface area contributed by atoms with Crippen LogP contribution in [0.1, 0.15) is 36.8 Å². The lowest BCUT2D eigenvalue weighted by Crippen LogP contribution is -2.33. The van der Waals surface area contributed by atoms with Crippen molar-refractivity contribution in [2.24, 2.45) is 10.8 Å². The number of carbonyl (C=O) groups is 4. The minimum atomic E-state index is -1.82. The highest BCUT2D eigenvalue weighted by Crippen LogP contribution is 2.37. The molecule has 4 aliphatic rings. The molecular formula is C32H42N4O8. The highest BCUT2D eigenvalue weighted by molar-refractivity contribution is 6.27. The minimum absolute atomic E-state index is 0.173. The van der Waals surface area contributed by atoms with Gasteiger partial charge in [0, 0.05) is 50.1 Å². The van der Waals surface area contributed by atoms with Gasteiger partial charge in [-0.2, -0.15) is 0 Å². The van der Waals surface area contributed by atoms with E-state index in [0.717, 1.165) is 76.3 Å². The summed E-state index contributed by atoms with van der Waals surface area (Å²) in [7, 11) is 0. The van der Waals surface area contributed by atoms with Crippen LogP contribution in [-0.4, -0.2) is 96.5 Å². The van der Waals surface area contributed by atoms with Gasteiger partial charge in [0.1, 0.15) is 13.2 Å². The first-order valence-electron chi connectivity index (χ1n) is 15.0. The smallest absolute Gasteiger partial charge is 0.414 e. The fourth-order valence-electron chi connectivity index (χ4n) is 6.09. The summed E-state index contributed by atoms with van der Waals surface area (Å²) in [5, 5.41) is 21.6. The molecule has 4 heterocycles. The molecule has 2 atom stereocenters. The van der Waals surface area contributed by atoms with Crippen molar-refractivity contribution < 1.29 is 38.9 Å². The predicted molar refractivity (Wildman–Crippen MR) is 161 cm³/mol. The molecule has 4 aliphatic heterocycles. The number of amides is 2. The molecule has 12 heteroatoms. The summed E-state index contributed by atoms with van der Waals surface area (Å²) in [5.41, 5.74) is 2.69. The van der Waals surface area contributed by atoms with Crippen LogP contribution in [0.3, 0.4) is 0 Å². The van der Waals surface area contributed by atoms with Gasteiger partial charge in [-0.25, -0.2) is 19.2 Å². The molecule has 6 rings (SSSR count). The van der Waals surface area contributed by atoms with E-state index < -0.39 is 11.9 Å². The Morgan fingerprint density at radius 2 is 1.02 bits per heavy atom. The number of hydrogen-bond acceptors (Lipinski definition) is 8. The third kappa shape index (κ3) is 9.42. The number of carbonyl (C=O) groups excluding carboxylic acids is 2. The molecular weight excluding hydrogens is 568 g/mol. The topological polar surface area (TPSA) is 158 Å². The monoisotopic (exact) mass is 610 g/mol. The number of ether oxygens (including phenoxy) is 2. The first-order valence-corrected chi connectivity index (χ1v) is 15.0. The van der Waals surface area contributed by atoms with E-state index in [9.17, 15) is 9.59 Å². The van der Waals surface area contributed by atoms with Crippen LogP contribution in [-0.2, 0) is 32.3 Å². The van der Waals surface area contributed by atoms with Crippen molar-refractivity contribution in [3.63, 3.8) is 0 Å². The molecule has 4 saturated heterocycles. The third-order valence-corrected chi connectivity index (χ3v) is 8.65. The molecule has 2 spiro atoms. The van der Waals surface area contributed by atoms with E-state index in [1.54, 1.807) is 0 Å². The summed E-state index contributed by atoms with van der Waals surface area (Å²) < 4.78 is 10.8. The zero-order chi connectivity index (χ0) is 31.4. The Hall–Kier alpha value is -4.16. The number of benzene rings is 2. The van der Waals surface area contributed by atoms with Gasteiger partial charge >= 0.3 is 24.1 Å². The number of rotatable bonds is 4. The largest absolute Gasteiger partial charge is 0.473 e. The van der Waals surface area contributed by atoms with Gasteiger partial charge in [-0.1, -0.05) is 60.7 Å². The Morgan fingerprint density at radius 1 is 0.636 bits per heavy atom. The number of nitrogens with zero attached hydrogens (tertiary/aromatic N) is 2. The van der Waals surface area contributed by atoms with Crippen LogP contribution in [0, 0.1) is 10.8 Å². The molecule has 0 aliphatic carbocycles. The van der Waals surface area contributed by atoms with Gasteiger partial charge in [-0.05, 0) is 49.9 Å². The van der Waals surface area contributed by atoms with Crippen molar-refractivity contribution in [1.82, 2.24) is 20.4 Å². The summed E-state index contributed by atoms with van der Waals surface area (Å²) in [6, 6.07) is 19.6. The van der Waals surface area contributed by atoms with Gasteiger partial charge < -0.3 is 40.1 Å². The molecule has 2 aromatic carbocycles. The van der Waals surface area contributed by atoms with Gasteiger partial charge in [0.2, 0.25) is 0 Å². The minimum Gasteiger partial charge on any atom is -0.473 e. The average molecular weight is 611 g/mol. The summed E-state index contributed by atoms with van der Waals surface area (Å²) in [4.78, 5) is 46.0. The van der Waals surface area contributed by atoms with Crippen LogP contribution >= 0.6 is 0 Å². The lowest BCUT2D eigenvalue weighted by atomic mass is 9.87. The Kier molecular flexibility index (Phi) is 11.6. The molecule has 0 aromatic heterocycles. The summed E-state index contributed by atoms with van der Waals surface area (Å²) in [6.45, 7) is 8.29. The molecule has 2 unspecified atom stereocenters. The van der Waals surface area contributed by atoms with E-state index in [2.05, 4.69) is 10.6 Å². The summed E-state index contributed by atoms with van der Waals surface area (Å²) in [5.74, 6) is -3.65. The predicted octanol–water partition coefficient (Wildman–Crippen LogP) is 3.17. The zero-order valence-corrected chi connectivity index (χ0v) is 24.9. The second kappa shape index (κ2) is 15.5. The van der Waals surface area contributed by atoms with Crippen LogP contribution < -0.4 is 10.6 Å². The van der Waals surface area contributed by atoms with Crippen molar-refractivity contribution in [3.05, 3.63) is 71.8 Å². The Bertz CT molecular complexity index is 1150. The SMILES string of the molecule is O=C(O)C(=O)O.O=C(OCc1ccccc1)N1CCC2(CCNC2)C1.O=C(OCc1ccccc1)N1CCC2(CCNC2)C1. The number of carboxylic acid groups (broad SMARTS) is 2. The molecule has 44 heavy (non-hydrogen) atoms. The summed E-state index contributed by atoms with van der Waals surface area (Å²) >= 11 is 0. The Morgan fingerprint density at radius 3 is 1.34 bits per heavy atom. The van der Waals surface area contributed by atoms with E-state index in [-0.39, 0.29) is 12.2 Å². The Balaban J connectivity index is 0.000000170. The van der Waals surface area contributed by atoms with E-state index in [1.165, 1.54) is 12.8 Å². The lowest BCUT2D eigenvalue weighted by Gasteiger charge is -2.22. The van der Waals surface area contributed by atoms with E-state index >= 15 is 0 Å². The van der Waals surface area contributed by atoms with Gasteiger partial charge in [0.05, 0.1) is 0 Å². The van der Waals surface area contributed by atoms with Gasteiger partial charge in [-0.3, -0.25) is 0 Å². The van der Waals surface area contributed by atoms with Crippen LogP contribution in [0.25, 0.3) is 0 Å². The van der Waals surface area contributed by atoms with Crippen molar-refractivity contribution in [1.29, 1.82) is 0 Å². The number of hydrogen-bond donors (Lipinski definition) is 4. The fraction of sp³-hybridized carbons (Fsp3) is 0.500. The number of carboxylic acids is 2. The molecule has 238 valence electrons. The lowest BCUT2D eigenvalue weighted by molar-refractivity contribution is -0.159. The Labute approximate surface area is 257 Å². The normalized spacial score (nSPS) is 23.5. The first-order chi connectivity index (χ1) is 21.2. The maximum atomic E-state index is 12.0. The maximum Gasteiger partial charge on any atom is 0.414 e. The number of nitrogens with one attached hydrogen (secondary N) is 2. The van der Waals surface area contributed by atoms with Crippen LogP contribution in [0.2, 0.25) is 0 Å². The molecule has 4 fully saturated rings. The average Bonchev–Trinajstić information content (AvgIpc) is 3.87. The van der Waals surface area contributed by atoms with Crippen LogP contribution in [0.5, 0.6) is 0 Å². The van der Waals surface area contributed by atoms with Crippen LogP contribution in [0.15, 0.2) is 60.7 Å². The first kappa shape index (κ1) is 32.7. The van der Waals surface area contributed by atoms with Crippen molar-refractivity contribution in [2.75, 3.05) is 52.4 Å². The van der Waals surface area contributed by atoms with E-state index in [4.69, 9.17) is 29.3 Å². The fourth-order valence-corrected chi connectivity index (χ4v) is 6.09. The van der Waals surface area contributed by atoms with Gasteiger partial charge in [0.15, 0.2) is 0 Å². The second-order valence-corrected chi connectivity index (χ2v) is 11.9. The van der Waals surface area contributed by atoms with Gasteiger partial charge in [-0.15, -0.1) is 0 Å². The van der Waals surface area contributed by atoms with Crippen molar-refractivity contribution in [2.45, 2.75) is 38.9 Å². The zero-order valence-electron chi connectivity index (χ0n) is 24.9. The van der Waals surface area contributed by atoms with E-state index in [1.807, 2.05) is 70.5 Å². The van der Waals surface area contributed by atoms with Crippen LogP contribution in [0.4, 0.5) is 9.59 Å². The van der Waals surface area contributed by atoms with E-state index in [0.29, 0.717) is 24.0 Å². The van der Waals surface area contributed by atoms with Crippen molar-refractivity contribution in [3.8, 4) is 0 Å². The third-order valence-electron chi connectivity index (χ3n) is 8.65. The molecule has 12 nitrogen and oxygen atoms in total. The second-order valence-electron chi connectivity index (χ2n) is 11.9. The standard InChI is InChI=1S/2C15H20N2O2.C2H2O4/c2*18-14(19-10-13-4-2-1-3-5-13)17-9-7-15(12-17)6-8-16-11-15;3-1(4)2(5)6/h2*1-5,16H,6-12H2;(H,3,4)(H,5,6). The summed E-state index contributed by atoms with van der Waals surface area (Å²) in [6.07, 6.45) is 4.20. The molecule has 0 saturated carbocycles. The van der Waals surface area contributed by atoms with Crippen molar-refractivity contribution >= 4 is 24.1 Å². The highest BCUT2D eigenvalue weighted by atomic mass is 16.6. The number of likely N-dealkylation sites (tertiary alicyclic amines) is 2. The molecule has 0 radical (unpaired) electrons. The molecule has 4 N–H and O–H groups in total. The molecule has 2 amide bonds. The molecule has 0 bridgehead atoms. The highest BCUT2D eigenvalue weighted by Gasteiger charge is 2.43. The maximum absolute atomic E-state index is 12.0. The quantitative estimate of drug-likeness (QED) is 0.379. The van der Waals surface area contributed by atoms with Gasteiger partial charge in [0.25, 0.3) is 0 Å².